The summed E-state index contributed by atoms with van der Waals surface area (Å²) in [5.41, 5.74) is 0.446. The Hall–Kier alpha value is -2.24. The van der Waals surface area contributed by atoms with Crippen LogP contribution in [0.25, 0.3) is 0 Å². The first-order chi connectivity index (χ1) is 7.43. The Labute approximate surface area is 91.1 Å². The highest BCUT2D eigenvalue weighted by molar-refractivity contribution is 5.92. The van der Waals surface area contributed by atoms with Gasteiger partial charge in [0.25, 0.3) is 0 Å². The number of nitrogens with one attached hydrogen (secondary N) is 1. The minimum Gasteiger partial charge on any atom is -0.506 e. The third-order valence-corrected chi connectivity index (χ3v) is 2.09. The van der Waals surface area contributed by atoms with Gasteiger partial charge in [0.1, 0.15) is 12.3 Å². The standard InChI is InChI=1S/C10H11NO5/c1-5-6(10(15)16)2-3-7(12)9(5)11-4-8(13)14/h2-3,11-12H,4H2,1H3,(H,13,14)(H,15,16). The Morgan fingerprint density at radius 2 is 1.94 bits per heavy atom. The maximum Gasteiger partial charge on any atom is 0.336 e. The topological polar surface area (TPSA) is 107 Å². The van der Waals surface area contributed by atoms with Gasteiger partial charge in [-0.15, -0.1) is 0 Å². The molecule has 6 nitrogen and oxygen atoms in total. The number of phenols is 1. The summed E-state index contributed by atoms with van der Waals surface area (Å²) in [5, 5.41) is 29.2. The molecule has 1 aromatic rings. The molecule has 0 aliphatic carbocycles. The van der Waals surface area contributed by atoms with Crippen LogP contribution in [0, 0.1) is 6.92 Å². The molecule has 4 N–H and O–H groups in total. The van der Waals surface area contributed by atoms with Crippen LogP contribution in [0.2, 0.25) is 0 Å². The number of anilines is 1. The summed E-state index contributed by atoms with van der Waals surface area (Å²) in [5.74, 6) is -2.40. The number of aliphatic carboxylic acids is 1. The Balaban J connectivity index is 3.11. The molecule has 1 aromatic carbocycles. The molecule has 0 heterocycles. The van der Waals surface area contributed by atoms with Crippen molar-refractivity contribution < 1.29 is 24.9 Å². The molecular formula is C10H11NO5. The first-order valence-corrected chi connectivity index (χ1v) is 4.45. The molecule has 0 aliphatic rings. The molecule has 86 valence electrons. The number of aromatic hydroxyl groups is 1. The number of rotatable bonds is 4. The first-order valence-electron chi connectivity index (χ1n) is 4.45. The fourth-order valence-corrected chi connectivity index (χ4v) is 1.32. The van der Waals surface area contributed by atoms with Gasteiger partial charge in [-0.3, -0.25) is 4.79 Å². The number of phenolic OH excluding ortho intramolecular Hbond substituents is 1. The number of benzene rings is 1. The first kappa shape index (κ1) is 11.8. The van der Waals surface area contributed by atoms with Crippen LogP contribution in [0.3, 0.4) is 0 Å². The Morgan fingerprint density at radius 1 is 1.31 bits per heavy atom. The minimum atomic E-state index is -1.13. The fraction of sp³-hybridized carbons (Fsp3) is 0.200. The van der Waals surface area contributed by atoms with Crippen molar-refractivity contribution in [2.24, 2.45) is 0 Å². The number of hydrogen-bond donors (Lipinski definition) is 4. The van der Waals surface area contributed by atoms with E-state index in [0.717, 1.165) is 0 Å². The lowest BCUT2D eigenvalue weighted by molar-refractivity contribution is -0.134. The number of aromatic carboxylic acids is 1. The second-order valence-electron chi connectivity index (χ2n) is 3.18. The smallest absolute Gasteiger partial charge is 0.336 e. The average Bonchev–Trinajstić information content (AvgIpc) is 2.16. The van der Waals surface area contributed by atoms with Gasteiger partial charge >= 0.3 is 11.9 Å². The van der Waals surface area contributed by atoms with Crippen LogP contribution in [0.5, 0.6) is 5.75 Å². The SMILES string of the molecule is Cc1c(C(=O)O)ccc(O)c1NCC(=O)O. The van der Waals surface area contributed by atoms with E-state index in [2.05, 4.69) is 5.32 Å². The quantitative estimate of drug-likeness (QED) is 0.567. The molecule has 0 aliphatic heterocycles. The van der Waals surface area contributed by atoms with Gasteiger partial charge in [-0.25, -0.2) is 4.79 Å². The summed E-state index contributed by atoms with van der Waals surface area (Å²) in [7, 11) is 0. The highest BCUT2D eigenvalue weighted by Gasteiger charge is 2.14. The van der Waals surface area contributed by atoms with Gasteiger partial charge in [0, 0.05) is 0 Å². The molecule has 0 unspecified atom stereocenters. The third kappa shape index (κ3) is 2.41. The molecule has 1 rings (SSSR count). The third-order valence-electron chi connectivity index (χ3n) is 2.09. The van der Waals surface area contributed by atoms with Crippen molar-refractivity contribution in [3.05, 3.63) is 23.3 Å². The maximum atomic E-state index is 10.8. The van der Waals surface area contributed by atoms with E-state index in [-0.39, 0.29) is 17.0 Å². The van der Waals surface area contributed by atoms with Crippen LogP contribution in [-0.4, -0.2) is 33.8 Å². The molecule has 0 fully saturated rings. The molecule has 0 saturated carbocycles. The largest absolute Gasteiger partial charge is 0.506 e. The molecule has 0 atom stereocenters. The predicted octanol–water partition coefficient (Wildman–Crippen LogP) is 0.895. The van der Waals surface area contributed by atoms with Gasteiger partial charge in [0.05, 0.1) is 11.3 Å². The van der Waals surface area contributed by atoms with Crippen molar-refractivity contribution in [2.75, 3.05) is 11.9 Å². The summed E-state index contributed by atoms with van der Waals surface area (Å²) in [6.45, 7) is 1.10. The van der Waals surface area contributed by atoms with Crippen LogP contribution in [0.15, 0.2) is 12.1 Å². The highest BCUT2D eigenvalue weighted by Crippen LogP contribution is 2.29. The maximum absolute atomic E-state index is 10.8. The molecule has 0 saturated heterocycles. The number of carboxylic acid groups (broad SMARTS) is 2. The zero-order chi connectivity index (χ0) is 12.3. The van der Waals surface area contributed by atoms with E-state index >= 15 is 0 Å². The van der Waals surface area contributed by atoms with Crippen molar-refractivity contribution in [1.29, 1.82) is 0 Å². The van der Waals surface area contributed by atoms with Crippen molar-refractivity contribution in [2.45, 2.75) is 6.92 Å². The summed E-state index contributed by atoms with van der Waals surface area (Å²) in [4.78, 5) is 21.2. The van der Waals surface area contributed by atoms with Gasteiger partial charge in [-0.2, -0.15) is 0 Å². The molecule has 0 spiro atoms. The van der Waals surface area contributed by atoms with Gasteiger partial charge < -0.3 is 20.6 Å². The van der Waals surface area contributed by atoms with Gasteiger partial charge in [-0.05, 0) is 24.6 Å². The summed E-state index contributed by atoms with van der Waals surface area (Å²) >= 11 is 0. The molecule has 0 bridgehead atoms. The zero-order valence-corrected chi connectivity index (χ0v) is 8.52. The molecule has 0 radical (unpaired) electrons. The van der Waals surface area contributed by atoms with E-state index in [1.54, 1.807) is 0 Å². The molecular weight excluding hydrogens is 214 g/mol. The van der Waals surface area contributed by atoms with Crippen molar-refractivity contribution in [3.8, 4) is 5.75 Å². The van der Waals surface area contributed by atoms with Gasteiger partial charge in [0.2, 0.25) is 0 Å². The Morgan fingerprint density at radius 3 is 2.44 bits per heavy atom. The summed E-state index contributed by atoms with van der Waals surface area (Å²) in [6, 6.07) is 2.47. The van der Waals surface area contributed by atoms with Crippen LogP contribution in [0.1, 0.15) is 15.9 Å². The van der Waals surface area contributed by atoms with Crippen LogP contribution in [-0.2, 0) is 4.79 Å². The van der Waals surface area contributed by atoms with Gasteiger partial charge in [-0.1, -0.05) is 0 Å². The molecule has 0 aromatic heterocycles. The van der Waals surface area contributed by atoms with Crippen LogP contribution >= 0.6 is 0 Å². The Kier molecular flexibility index (Phi) is 3.34. The lowest BCUT2D eigenvalue weighted by Crippen LogP contribution is -2.14. The van der Waals surface area contributed by atoms with E-state index < -0.39 is 18.5 Å². The van der Waals surface area contributed by atoms with Crippen LogP contribution in [0.4, 0.5) is 5.69 Å². The minimum absolute atomic E-state index is 0.0192. The predicted molar refractivity (Wildman–Crippen MR) is 55.9 cm³/mol. The lowest BCUT2D eigenvalue weighted by Gasteiger charge is -2.11. The fourth-order valence-electron chi connectivity index (χ4n) is 1.32. The zero-order valence-electron chi connectivity index (χ0n) is 8.52. The Bertz CT molecular complexity index is 441. The highest BCUT2D eigenvalue weighted by atomic mass is 16.4. The second kappa shape index (κ2) is 4.52. The van der Waals surface area contributed by atoms with E-state index in [1.165, 1.54) is 19.1 Å². The monoisotopic (exact) mass is 225 g/mol. The number of carboxylic acids is 2. The molecule has 0 amide bonds. The summed E-state index contributed by atoms with van der Waals surface area (Å²) < 4.78 is 0. The van der Waals surface area contributed by atoms with Crippen LogP contribution < -0.4 is 5.32 Å². The average molecular weight is 225 g/mol. The van der Waals surface area contributed by atoms with Gasteiger partial charge in [0.15, 0.2) is 0 Å². The van der Waals surface area contributed by atoms with E-state index in [1.807, 2.05) is 0 Å². The van der Waals surface area contributed by atoms with Crippen molar-refractivity contribution >= 4 is 17.6 Å². The molecule has 16 heavy (non-hydrogen) atoms. The number of carbonyl (C=O) groups is 2. The van der Waals surface area contributed by atoms with E-state index in [9.17, 15) is 14.7 Å². The van der Waals surface area contributed by atoms with E-state index in [4.69, 9.17) is 10.2 Å². The summed E-state index contributed by atoms with van der Waals surface area (Å²) in [6.07, 6.45) is 0. The lowest BCUT2D eigenvalue weighted by atomic mass is 10.1. The van der Waals surface area contributed by atoms with Crippen molar-refractivity contribution in [3.63, 3.8) is 0 Å². The number of hydrogen-bond acceptors (Lipinski definition) is 4. The van der Waals surface area contributed by atoms with Crippen molar-refractivity contribution in [1.82, 2.24) is 0 Å². The van der Waals surface area contributed by atoms with E-state index in [0.29, 0.717) is 5.56 Å². The second-order valence-corrected chi connectivity index (χ2v) is 3.18. The molecule has 6 heteroatoms. The normalized spacial score (nSPS) is 9.81.